The molecule has 0 radical (unpaired) electrons. The summed E-state index contributed by atoms with van der Waals surface area (Å²) < 4.78 is 2.32. The summed E-state index contributed by atoms with van der Waals surface area (Å²) in [6.07, 6.45) is 0.706. The number of nitrogens with zero attached hydrogens (tertiary/aromatic N) is 3. The van der Waals surface area contributed by atoms with Crippen LogP contribution >= 0.6 is 15.9 Å². The van der Waals surface area contributed by atoms with E-state index in [1.165, 1.54) is 26.2 Å². The molecular formula is C18H21BrN4O5. The molecule has 1 aromatic carbocycles. The number of aliphatic hydroxyl groups excluding tert-OH is 1. The van der Waals surface area contributed by atoms with Crippen LogP contribution in [0.4, 0.5) is 11.4 Å². The van der Waals surface area contributed by atoms with Crippen LogP contribution in [0.15, 0.2) is 32.3 Å². The third-order valence-electron chi connectivity index (χ3n) is 5.02. The van der Waals surface area contributed by atoms with Crippen LogP contribution in [0.1, 0.15) is 16.8 Å². The Morgan fingerprint density at radius 3 is 2.57 bits per heavy atom. The minimum Gasteiger partial charge on any atom is -0.505 e. The number of anilines is 2. The van der Waals surface area contributed by atoms with Crippen LogP contribution in [0.5, 0.6) is 5.75 Å². The topological polar surface area (TPSA) is 117 Å². The molecule has 0 spiro atoms. The molecule has 1 aliphatic heterocycles. The number of phenolic OH excluding ortho intramolecular Hbond substituents is 1. The minimum atomic E-state index is -0.476. The molecule has 0 saturated carbocycles. The van der Waals surface area contributed by atoms with Gasteiger partial charge in [-0.15, -0.1) is 0 Å². The van der Waals surface area contributed by atoms with Crippen molar-refractivity contribution in [3.63, 3.8) is 0 Å². The highest BCUT2D eigenvalue weighted by Gasteiger charge is 2.28. The lowest BCUT2D eigenvalue weighted by Crippen LogP contribution is -2.36. The number of aliphatic hydroxyl groups is 1. The maximum Gasteiger partial charge on any atom is 0.289 e. The van der Waals surface area contributed by atoms with E-state index >= 15 is 0 Å². The van der Waals surface area contributed by atoms with Gasteiger partial charge in [0.25, 0.3) is 17.0 Å². The lowest BCUT2D eigenvalue weighted by molar-refractivity contribution is 0.0779. The molecule has 1 saturated heterocycles. The molecule has 1 fully saturated rings. The smallest absolute Gasteiger partial charge is 0.289 e. The van der Waals surface area contributed by atoms with Crippen LogP contribution in [-0.2, 0) is 14.1 Å². The summed E-state index contributed by atoms with van der Waals surface area (Å²) in [5.74, 6) is -0.630. The zero-order valence-corrected chi connectivity index (χ0v) is 17.1. The summed E-state index contributed by atoms with van der Waals surface area (Å²) in [6.45, 7) is 0.937. The number of rotatable bonds is 4. The molecule has 3 rings (SSSR count). The fourth-order valence-electron chi connectivity index (χ4n) is 3.17. The zero-order chi connectivity index (χ0) is 20.6. The number of nitrogens with one attached hydrogen (secondary N) is 1. The zero-order valence-electron chi connectivity index (χ0n) is 15.5. The summed E-state index contributed by atoms with van der Waals surface area (Å²) in [4.78, 5) is 39.0. The number of carbonyl (C=O) groups excluding carboxylic acids is 1. The Balaban J connectivity index is 1.96. The van der Waals surface area contributed by atoms with Crippen LogP contribution in [-0.4, -0.2) is 50.1 Å². The van der Waals surface area contributed by atoms with E-state index in [1.54, 1.807) is 11.0 Å². The number of aromatic hydroxyl groups is 1. The predicted molar refractivity (Wildman–Crippen MR) is 107 cm³/mol. The van der Waals surface area contributed by atoms with E-state index < -0.39 is 11.1 Å². The van der Waals surface area contributed by atoms with Gasteiger partial charge in [0.15, 0.2) is 5.75 Å². The van der Waals surface area contributed by atoms with Crippen molar-refractivity contribution in [3.8, 4) is 5.75 Å². The van der Waals surface area contributed by atoms with E-state index in [2.05, 4.69) is 21.2 Å². The number of para-hydroxylation sites is 1. The number of hydrogen-bond donors (Lipinski definition) is 3. The molecule has 1 unspecified atom stereocenters. The van der Waals surface area contributed by atoms with Gasteiger partial charge in [-0.1, -0.05) is 6.07 Å². The molecule has 2 aromatic rings. The fourth-order valence-corrected chi connectivity index (χ4v) is 3.70. The Labute approximate surface area is 168 Å². The Morgan fingerprint density at radius 1 is 1.25 bits per heavy atom. The van der Waals surface area contributed by atoms with Crippen molar-refractivity contribution < 1.29 is 15.0 Å². The van der Waals surface area contributed by atoms with Crippen molar-refractivity contribution in [2.45, 2.75) is 6.42 Å². The Bertz CT molecular complexity index is 1050. The first-order chi connectivity index (χ1) is 13.3. The van der Waals surface area contributed by atoms with E-state index in [0.717, 1.165) is 9.36 Å². The van der Waals surface area contributed by atoms with Gasteiger partial charge in [-0.05, 0) is 34.5 Å². The number of amides is 1. The van der Waals surface area contributed by atoms with Crippen molar-refractivity contribution in [1.29, 1.82) is 0 Å². The van der Waals surface area contributed by atoms with Crippen LogP contribution in [0.3, 0.4) is 0 Å². The second-order valence-electron chi connectivity index (χ2n) is 6.76. The molecule has 1 amide bonds. The number of aromatic nitrogens is 2. The highest BCUT2D eigenvalue weighted by atomic mass is 79.9. The van der Waals surface area contributed by atoms with Crippen molar-refractivity contribution in [3.05, 3.63) is 48.9 Å². The van der Waals surface area contributed by atoms with Crippen molar-refractivity contribution in [2.24, 2.45) is 20.0 Å². The molecular weight excluding hydrogens is 432 g/mol. The first-order valence-corrected chi connectivity index (χ1v) is 9.50. The summed E-state index contributed by atoms with van der Waals surface area (Å²) in [5.41, 5.74) is -0.721. The van der Waals surface area contributed by atoms with Gasteiger partial charge in [0, 0.05) is 39.7 Å². The van der Waals surface area contributed by atoms with Gasteiger partial charge in [-0.2, -0.15) is 0 Å². The largest absolute Gasteiger partial charge is 0.505 e. The lowest BCUT2D eigenvalue weighted by Gasteiger charge is -2.19. The lowest BCUT2D eigenvalue weighted by atomic mass is 10.1. The van der Waals surface area contributed by atoms with E-state index in [-0.39, 0.29) is 45.6 Å². The first-order valence-electron chi connectivity index (χ1n) is 8.71. The maximum atomic E-state index is 12.7. The molecule has 1 aliphatic rings. The van der Waals surface area contributed by atoms with Gasteiger partial charge in [-0.25, -0.2) is 9.36 Å². The normalized spacial score (nSPS) is 16.4. The molecule has 10 heteroatoms. The summed E-state index contributed by atoms with van der Waals surface area (Å²) in [6, 6.07) is 4.58. The number of halogens is 1. The molecule has 9 nitrogen and oxygen atoms in total. The quantitative estimate of drug-likeness (QED) is 0.589. The molecule has 0 bridgehead atoms. The minimum absolute atomic E-state index is 0.0116. The third-order valence-corrected chi connectivity index (χ3v) is 5.75. The van der Waals surface area contributed by atoms with Crippen LogP contribution in [0, 0.1) is 5.92 Å². The van der Waals surface area contributed by atoms with Gasteiger partial charge in [-0.3, -0.25) is 14.4 Å². The van der Waals surface area contributed by atoms with Gasteiger partial charge in [0.1, 0.15) is 10.2 Å². The molecule has 2 heterocycles. The highest BCUT2D eigenvalue weighted by molar-refractivity contribution is 9.10. The average Bonchev–Trinajstić information content (AvgIpc) is 3.18. The van der Waals surface area contributed by atoms with Crippen LogP contribution in [0.25, 0.3) is 0 Å². The molecule has 3 N–H and O–H groups in total. The Morgan fingerprint density at radius 2 is 1.93 bits per heavy atom. The Hall–Kier alpha value is -2.59. The summed E-state index contributed by atoms with van der Waals surface area (Å²) >= 11 is 3.12. The average molecular weight is 453 g/mol. The predicted octanol–water partition coefficient (Wildman–Crippen LogP) is 0.750. The van der Waals surface area contributed by atoms with Gasteiger partial charge < -0.3 is 20.4 Å². The van der Waals surface area contributed by atoms with Crippen molar-refractivity contribution in [2.75, 3.05) is 25.0 Å². The highest BCUT2D eigenvalue weighted by Crippen LogP contribution is 2.32. The SMILES string of the molecule is Cn1c(=O)c(Br)c(Nc2cccc(C(=O)N3CCC(CO)C3)c2O)c(=O)n1C. The van der Waals surface area contributed by atoms with E-state index in [4.69, 9.17) is 0 Å². The van der Waals surface area contributed by atoms with E-state index in [9.17, 15) is 24.6 Å². The first kappa shape index (κ1) is 20.2. The van der Waals surface area contributed by atoms with Gasteiger partial charge in [0.05, 0.1) is 11.3 Å². The third kappa shape index (κ3) is 3.45. The van der Waals surface area contributed by atoms with E-state index in [1.807, 2.05) is 0 Å². The van der Waals surface area contributed by atoms with Gasteiger partial charge in [0.2, 0.25) is 0 Å². The van der Waals surface area contributed by atoms with Crippen LogP contribution < -0.4 is 16.4 Å². The van der Waals surface area contributed by atoms with Crippen molar-refractivity contribution >= 4 is 33.2 Å². The standard InChI is InChI=1S/C18H21BrN4O5/c1-21-17(27)13(19)14(18(28)22(21)2)20-12-5-3-4-11(15(12)25)16(26)23-7-6-10(8-23)9-24/h3-5,10,20,24-25H,6-9H2,1-2H3. The number of hydrogen-bond acceptors (Lipinski definition) is 6. The van der Waals surface area contributed by atoms with Crippen LogP contribution in [0.2, 0.25) is 0 Å². The molecule has 1 atom stereocenters. The van der Waals surface area contributed by atoms with Crippen molar-refractivity contribution in [1.82, 2.24) is 14.3 Å². The van der Waals surface area contributed by atoms with Gasteiger partial charge >= 0.3 is 0 Å². The molecule has 150 valence electrons. The number of likely N-dealkylation sites (tertiary alicyclic amines) is 1. The maximum absolute atomic E-state index is 12.7. The Kier molecular flexibility index (Phi) is 5.61. The number of phenols is 1. The fraction of sp³-hybridized carbons (Fsp3) is 0.389. The molecule has 1 aromatic heterocycles. The molecule has 28 heavy (non-hydrogen) atoms. The second-order valence-corrected chi connectivity index (χ2v) is 7.55. The summed E-state index contributed by atoms with van der Waals surface area (Å²) in [7, 11) is 2.91. The molecule has 0 aliphatic carbocycles. The number of carbonyl (C=O) groups is 1. The monoisotopic (exact) mass is 452 g/mol. The number of benzene rings is 1. The second kappa shape index (κ2) is 7.80. The summed E-state index contributed by atoms with van der Waals surface area (Å²) in [5, 5.41) is 22.6. The van der Waals surface area contributed by atoms with E-state index in [0.29, 0.717) is 19.5 Å².